The monoisotopic (exact) mass is 529 g/mol. The first-order valence-electron chi connectivity index (χ1n) is 10.7. The number of carbonyl (C=O) groups is 2. The lowest BCUT2D eigenvalue weighted by Crippen LogP contribution is -2.43. The van der Waals surface area contributed by atoms with E-state index < -0.39 is 33.8 Å². The number of anilines is 1. The molecule has 0 saturated heterocycles. The number of fused-ring (bicyclic) bond motifs is 1. The van der Waals surface area contributed by atoms with Crippen LogP contribution in [0.1, 0.15) is 15.9 Å². The van der Waals surface area contributed by atoms with Gasteiger partial charge in [0.05, 0.1) is 22.7 Å². The van der Waals surface area contributed by atoms with Gasteiger partial charge < -0.3 is 15.0 Å². The van der Waals surface area contributed by atoms with Gasteiger partial charge in [-0.05, 0) is 54.1 Å². The van der Waals surface area contributed by atoms with Gasteiger partial charge in [-0.1, -0.05) is 29.8 Å². The maximum absolute atomic E-state index is 13.2. The van der Waals surface area contributed by atoms with E-state index in [0.717, 1.165) is 40.7 Å². The number of sulfonamides is 1. The average Bonchev–Trinajstić information content (AvgIpc) is 3.27. The van der Waals surface area contributed by atoms with Crippen molar-refractivity contribution in [2.45, 2.75) is 17.4 Å². The average molecular weight is 530 g/mol. The second kappa shape index (κ2) is 10.4. The molecule has 0 saturated carbocycles. The SMILES string of the molecule is COC(=O)[C@H](Cc1c[nH]c2ccccc12)NC(=O)c1ccc(Cl)c(NS(=O)(=O)c2ccc(F)cc2)c1. The molecule has 4 aromatic rings. The van der Waals surface area contributed by atoms with E-state index in [4.69, 9.17) is 16.3 Å². The van der Waals surface area contributed by atoms with Gasteiger partial charge in [-0.2, -0.15) is 0 Å². The minimum atomic E-state index is -4.10. The Kier molecular flexibility index (Phi) is 7.27. The highest BCUT2D eigenvalue weighted by atomic mass is 35.5. The smallest absolute Gasteiger partial charge is 0.328 e. The molecule has 0 aliphatic rings. The van der Waals surface area contributed by atoms with Crippen LogP contribution in [0.2, 0.25) is 5.02 Å². The number of benzene rings is 3. The number of H-pyrrole nitrogens is 1. The van der Waals surface area contributed by atoms with E-state index in [1.54, 1.807) is 6.20 Å². The number of rotatable bonds is 8. The molecule has 1 atom stereocenters. The van der Waals surface area contributed by atoms with E-state index in [1.165, 1.54) is 25.3 Å². The maximum atomic E-state index is 13.2. The fraction of sp³-hybridized carbons (Fsp3) is 0.120. The summed E-state index contributed by atoms with van der Waals surface area (Å²) in [4.78, 5) is 28.4. The Labute approximate surface area is 211 Å². The standard InChI is InChI=1S/C25H21ClFN3O5S/c1-35-25(32)23(13-16-14-28-21-5-3-2-4-19(16)21)29-24(31)15-6-11-20(26)22(12-15)30-36(33,34)18-9-7-17(27)8-10-18/h2-12,14,23,28,30H,13H2,1H3,(H,29,31)/t23-/m0/s1. The Morgan fingerprint density at radius 2 is 1.81 bits per heavy atom. The number of amides is 1. The Morgan fingerprint density at radius 1 is 1.08 bits per heavy atom. The van der Waals surface area contributed by atoms with E-state index in [9.17, 15) is 22.4 Å². The quantitative estimate of drug-likeness (QED) is 0.295. The predicted molar refractivity (Wildman–Crippen MR) is 134 cm³/mol. The van der Waals surface area contributed by atoms with Crippen molar-refractivity contribution in [2.24, 2.45) is 0 Å². The largest absolute Gasteiger partial charge is 0.467 e. The highest BCUT2D eigenvalue weighted by Gasteiger charge is 2.25. The topological polar surface area (TPSA) is 117 Å². The first-order valence-corrected chi connectivity index (χ1v) is 12.6. The highest BCUT2D eigenvalue weighted by Crippen LogP contribution is 2.26. The van der Waals surface area contributed by atoms with Crippen molar-refractivity contribution in [1.82, 2.24) is 10.3 Å². The number of esters is 1. The minimum absolute atomic E-state index is 0.0422. The molecule has 36 heavy (non-hydrogen) atoms. The molecule has 4 rings (SSSR count). The number of para-hydroxylation sites is 1. The van der Waals surface area contributed by atoms with Crippen molar-refractivity contribution < 1.29 is 27.1 Å². The molecular formula is C25H21ClFN3O5S. The van der Waals surface area contributed by atoms with Crippen molar-refractivity contribution in [3.8, 4) is 0 Å². The van der Waals surface area contributed by atoms with Crippen molar-refractivity contribution in [3.05, 3.63) is 94.9 Å². The molecule has 11 heteroatoms. The van der Waals surface area contributed by atoms with Gasteiger partial charge in [-0.15, -0.1) is 0 Å². The van der Waals surface area contributed by atoms with Gasteiger partial charge in [0.25, 0.3) is 15.9 Å². The highest BCUT2D eigenvalue weighted by molar-refractivity contribution is 7.92. The third-order valence-corrected chi connectivity index (χ3v) is 7.20. The summed E-state index contributed by atoms with van der Waals surface area (Å²) >= 11 is 6.15. The molecule has 186 valence electrons. The third-order valence-electron chi connectivity index (χ3n) is 5.49. The molecule has 0 aliphatic heterocycles. The Bertz CT molecular complexity index is 1540. The van der Waals surface area contributed by atoms with Gasteiger partial charge in [-0.25, -0.2) is 17.6 Å². The molecule has 1 aromatic heterocycles. The summed E-state index contributed by atoms with van der Waals surface area (Å²) in [5.74, 6) is -1.86. The van der Waals surface area contributed by atoms with Crippen LogP contribution in [-0.2, 0) is 26.0 Å². The Morgan fingerprint density at radius 3 is 2.53 bits per heavy atom. The van der Waals surface area contributed by atoms with Gasteiger partial charge >= 0.3 is 5.97 Å². The van der Waals surface area contributed by atoms with Crippen LogP contribution >= 0.6 is 11.6 Å². The molecule has 0 fully saturated rings. The molecule has 0 unspecified atom stereocenters. The van der Waals surface area contributed by atoms with Crippen LogP contribution in [0, 0.1) is 5.82 Å². The number of nitrogens with one attached hydrogen (secondary N) is 3. The Balaban J connectivity index is 1.56. The molecule has 3 N–H and O–H groups in total. The first kappa shape index (κ1) is 25.2. The van der Waals surface area contributed by atoms with Crippen LogP contribution in [-0.4, -0.2) is 38.4 Å². The van der Waals surface area contributed by atoms with Crippen molar-refractivity contribution >= 4 is 50.1 Å². The summed E-state index contributed by atoms with van der Waals surface area (Å²) in [6, 6.07) is 14.8. The van der Waals surface area contributed by atoms with Gasteiger partial charge in [0.1, 0.15) is 11.9 Å². The molecule has 0 spiro atoms. The number of ether oxygens (including phenoxy) is 1. The van der Waals surface area contributed by atoms with Crippen LogP contribution in [0.5, 0.6) is 0 Å². The summed E-state index contributed by atoms with van der Waals surface area (Å²) in [5, 5.41) is 3.59. The number of halogens is 2. The van der Waals surface area contributed by atoms with Crippen LogP contribution in [0.25, 0.3) is 10.9 Å². The lowest BCUT2D eigenvalue weighted by atomic mass is 10.0. The van der Waals surface area contributed by atoms with Crippen LogP contribution in [0.3, 0.4) is 0 Å². The van der Waals surface area contributed by atoms with Gasteiger partial charge in [0.2, 0.25) is 0 Å². The van der Waals surface area contributed by atoms with Gasteiger partial charge in [0, 0.05) is 29.1 Å². The number of hydrogen-bond acceptors (Lipinski definition) is 5. The molecular weight excluding hydrogens is 509 g/mol. The summed E-state index contributed by atoms with van der Waals surface area (Å²) in [7, 11) is -2.88. The number of methoxy groups -OCH3 is 1. The molecule has 0 bridgehead atoms. The lowest BCUT2D eigenvalue weighted by molar-refractivity contribution is -0.142. The fourth-order valence-electron chi connectivity index (χ4n) is 3.66. The number of aromatic amines is 1. The molecule has 1 amide bonds. The van der Waals surface area contributed by atoms with E-state index in [0.29, 0.717) is 0 Å². The second-order valence-corrected chi connectivity index (χ2v) is 9.96. The first-order chi connectivity index (χ1) is 17.2. The van der Waals surface area contributed by atoms with E-state index >= 15 is 0 Å². The minimum Gasteiger partial charge on any atom is -0.467 e. The Hall–Kier alpha value is -3.89. The number of carbonyl (C=O) groups excluding carboxylic acids is 2. The molecule has 3 aromatic carbocycles. The van der Waals surface area contributed by atoms with Gasteiger partial charge in [-0.3, -0.25) is 9.52 Å². The van der Waals surface area contributed by atoms with Crippen molar-refractivity contribution in [3.63, 3.8) is 0 Å². The predicted octanol–water partition coefficient (Wildman–Crippen LogP) is 4.28. The van der Waals surface area contributed by atoms with Gasteiger partial charge in [0.15, 0.2) is 0 Å². The summed E-state index contributed by atoms with van der Waals surface area (Å²) in [6.07, 6.45) is 1.93. The summed E-state index contributed by atoms with van der Waals surface area (Å²) < 4.78 is 45.7. The lowest BCUT2D eigenvalue weighted by Gasteiger charge is -2.17. The summed E-state index contributed by atoms with van der Waals surface area (Å²) in [5.41, 5.74) is 1.70. The van der Waals surface area contributed by atoms with E-state index in [2.05, 4.69) is 15.0 Å². The molecule has 8 nitrogen and oxygen atoms in total. The third kappa shape index (κ3) is 5.50. The normalized spacial score (nSPS) is 12.2. The van der Waals surface area contributed by atoms with Crippen LogP contribution in [0.4, 0.5) is 10.1 Å². The van der Waals surface area contributed by atoms with Crippen LogP contribution < -0.4 is 10.0 Å². The molecule has 0 aliphatic carbocycles. The number of aromatic nitrogens is 1. The van der Waals surface area contributed by atoms with Crippen molar-refractivity contribution in [2.75, 3.05) is 11.8 Å². The molecule has 1 heterocycles. The zero-order chi connectivity index (χ0) is 25.9. The van der Waals surface area contributed by atoms with Crippen molar-refractivity contribution in [1.29, 1.82) is 0 Å². The van der Waals surface area contributed by atoms with E-state index in [-0.39, 0.29) is 27.6 Å². The van der Waals surface area contributed by atoms with Crippen LogP contribution in [0.15, 0.2) is 77.8 Å². The van der Waals surface area contributed by atoms with E-state index in [1.807, 2.05) is 24.3 Å². The molecule has 0 radical (unpaired) electrons. The fourth-order valence-corrected chi connectivity index (χ4v) is 4.95. The zero-order valence-electron chi connectivity index (χ0n) is 18.9. The maximum Gasteiger partial charge on any atom is 0.328 e. The summed E-state index contributed by atoms with van der Waals surface area (Å²) in [6.45, 7) is 0. The second-order valence-electron chi connectivity index (χ2n) is 7.87. The number of hydrogen-bond donors (Lipinski definition) is 3. The zero-order valence-corrected chi connectivity index (χ0v) is 20.5.